The number of nitro benzene ring substituents is 1. The van der Waals surface area contributed by atoms with E-state index in [0.29, 0.717) is 5.75 Å². The number of rotatable bonds is 9. The second-order valence-electron chi connectivity index (χ2n) is 6.09. The van der Waals surface area contributed by atoms with Gasteiger partial charge in [-0.1, -0.05) is 0 Å². The maximum Gasteiger partial charge on any atom is 0.339 e. The predicted octanol–water partition coefficient (Wildman–Crippen LogP) is 2.81. The standard InChI is InChI=1S/C20H22N2O9/c1-11(19(23)21-14-10-13(22(25)26)6-7-15(14)27-2)31-20(24)12-8-16(28-3)18(30-5)17(9-12)29-4/h6-11H,1-5H3,(H,21,23)/t11-/m0/s1. The maximum atomic E-state index is 12.5. The minimum atomic E-state index is -1.23. The number of esters is 1. The molecule has 0 saturated carbocycles. The lowest BCUT2D eigenvalue weighted by atomic mass is 10.2. The quantitative estimate of drug-likeness (QED) is 0.359. The van der Waals surface area contributed by atoms with Crippen molar-refractivity contribution in [1.29, 1.82) is 0 Å². The van der Waals surface area contributed by atoms with E-state index in [-0.39, 0.29) is 34.2 Å². The van der Waals surface area contributed by atoms with Gasteiger partial charge in [0.1, 0.15) is 5.75 Å². The van der Waals surface area contributed by atoms with Crippen molar-refractivity contribution < 1.29 is 38.2 Å². The van der Waals surface area contributed by atoms with Crippen molar-refractivity contribution in [1.82, 2.24) is 0 Å². The van der Waals surface area contributed by atoms with E-state index in [2.05, 4.69) is 5.32 Å². The van der Waals surface area contributed by atoms with Crippen molar-refractivity contribution in [2.75, 3.05) is 33.8 Å². The number of benzene rings is 2. The Hall–Kier alpha value is -4.02. The van der Waals surface area contributed by atoms with Gasteiger partial charge in [0.15, 0.2) is 17.6 Å². The Morgan fingerprint density at radius 2 is 1.52 bits per heavy atom. The van der Waals surface area contributed by atoms with E-state index >= 15 is 0 Å². The summed E-state index contributed by atoms with van der Waals surface area (Å²) in [6, 6.07) is 6.50. The molecule has 2 aromatic carbocycles. The van der Waals surface area contributed by atoms with Gasteiger partial charge in [-0.05, 0) is 25.1 Å². The molecule has 11 heteroatoms. The Kier molecular flexibility index (Phi) is 7.61. The molecule has 11 nitrogen and oxygen atoms in total. The van der Waals surface area contributed by atoms with Crippen molar-refractivity contribution in [2.45, 2.75) is 13.0 Å². The average Bonchev–Trinajstić information content (AvgIpc) is 2.77. The van der Waals surface area contributed by atoms with E-state index in [0.717, 1.165) is 6.07 Å². The molecule has 31 heavy (non-hydrogen) atoms. The Morgan fingerprint density at radius 1 is 0.935 bits per heavy atom. The Balaban J connectivity index is 2.19. The largest absolute Gasteiger partial charge is 0.495 e. The van der Waals surface area contributed by atoms with Gasteiger partial charge in [0.25, 0.3) is 11.6 Å². The predicted molar refractivity (Wildman–Crippen MR) is 109 cm³/mol. The number of ether oxygens (including phenoxy) is 5. The molecule has 0 fully saturated rings. The molecule has 1 amide bonds. The lowest BCUT2D eigenvalue weighted by Gasteiger charge is -2.17. The molecule has 166 valence electrons. The number of hydrogen-bond donors (Lipinski definition) is 1. The fraction of sp³-hybridized carbons (Fsp3) is 0.300. The van der Waals surface area contributed by atoms with Crippen LogP contribution in [-0.4, -0.2) is 51.3 Å². The number of non-ortho nitro benzene ring substituents is 1. The lowest BCUT2D eigenvalue weighted by molar-refractivity contribution is -0.384. The Bertz CT molecular complexity index is 966. The number of methoxy groups -OCH3 is 4. The van der Waals surface area contributed by atoms with Crippen LogP contribution < -0.4 is 24.3 Å². The minimum Gasteiger partial charge on any atom is -0.495 e. The van der Waals surface area contributed by atoms with Gasteiger partial charge in [0.05, 0.1) is 44.6 Å². The number of amides is 1. The van der Waals surface area contributed by atoms with Gasteiger partial charge in [-0.15, -0.1) is 0 Å². The van der Waals surface area contributed by atoms with E-state index in [1.807, 2.05) is 0 Å². The van der Waals surface area contributed by atoms with Gasteiger partial charge >= 0.3 is 5.97 Å². The summed E-state index contributed by atoms with van der Waals surface area (Å²) < 4.78 is 25.9. The van der Waals surface area contributed by atoms with Gasteiger partial charge in [-0.2, -0.15) is 0 Å². The molecule has 0 saturated heterocycles. The summed E-state index contributed by atoms with van der Waals surface area (Å²) in [5.41, 5.74) is -0.0994. The highest BCUT2D eigenvalue weighted by molar-refractivity contribution is 5.98. The number of carbonyl (C=O) groups excluding carboxylic acids is 2. The van der Waals surface area contributed by atoms with Crippen LogP contribution in [0.4, 0.5) is 11.4 Å². The first-order chi connectivity index (χ1) is 14.7. The zero-order valence-electron chi connectivity index (χ0n) is 17.6. The van der Waals surface area contributed by atoms with Gasteiger partial charge in [-0.3, -0.25) is 14.9 Å². The second kappa shape index (κ2) is 10.1. The number of nitrogens with one attached hydrogen (secondary N) is 1. The number of nitrogens with zero attached hydrogens (tertiary/aromatic N) is 1. The van der Waals surface area contributed by atoms with Crippen molar-refractivity contribution in [3.8, 4) is 23.0 Å². The third-order valence-corrected chi connectivity index (χ3v) is 4.21. The van der Waals surface area contributed by atoms with Gasteiger partial charge in [-0.25, -0.2) is 4.79 Å². The van der Waals surface area contributed by atoms with Crippen LogP contribution >= 0.6 is 0 Å². The highest BCUT2D eigenvalue weighted by atomic mass is 16.6. The summed E-state index contributed by atoms with van der Waals surface area (Å²) in [7, 11) is 5.57. The lowest BCUT2D eigenvalue weighted by Crippen LogP contribution is -2.30. The first-order valence-corrected chi connectivity index (χ1v) is 8.90. The fourth-order valence-electron chi connectivity index (χ4n) is 2.62. The summed E-state index contributed by atoms with van der Waals surface area (Å²) in [5, 5.41) is 13.4. The normalized spacial score (nSPS) is 11.1. The van der Waals surface area contributed by atoms with E-state index in [1.54, 1.807) is 0 Å². The van der Waals surface area contributed by atoms with Crippen molar-refractivity contribution in [3.63, 3.8) is 0 Å². The van der Waals surface area contributed by atoms with E-state index in [4.69, 9.17) is 23.7 Å². The molecule has 0 radical (unpaired) electrons. The van der Waals surface area contributed by atoms with E-state index in [9.17, 15) is 19.7 Å². The molecule has 0 heterocycles. The first-order valence-electron chi connectivity index (χ1n) is 8.90. The van der Waals surface area contributed by atoms with Crippen LogP contribution in [0.2, 0.25) is 0 Å². The molecule has 0 unspecified atom stereocenters. The Labute approximate surface area is 178 Å². The molecule has 0 bridgehead atoms. The first kappa shape index (κ1) is 23.3. The molecule has 0 aliphatic heterocycles. The van der Waals surface area contributed by atoms with Crippen molar-refractivity contribution in [2.24, 2.45) is 0 Å². The summed E-state index contributed by atoms with van der Waals surface area (Å²) >= 11 is 0. The van der Waals surface area contributed by atoms with Crippen LogP contribution in [0.3, 0.4) is 0 Å². The highest BCUT2D eigenvalue weighted by Crippen LogP contribution is 2.38. The number of hydrogen-bond acceptors (Lipinski definition) is 9. The number of anilines is 1. The van der Waals surface area contributed by atoms with Crippen molar-refractivity contribution >= 4 is 23.3 Å². The topological polar surface area (TPSA) is 135 Å². The SMILES string of the molecule is COc1ccc([N+](=O)[O-])cc1NC(=O)[C@H](C)OC(=O)c1cc(OC)c(OC)c(OC)c1. The van der Waals surface area contributed by atoms with Gasteiger partial charge in [0.2, 0.25) is 5.75 Å². The van der Waals surface area contributed by atoms with Gasteiger partial charge in [0, 0.05) is 12.1 Å². The zero-order chi connectivity index (χ0) is 23.1. The summed E-state index contributed by atoms with van der Waals surface area (Å²) in [6.45, 7) is 1.36. The van der Waals surface area contributed by atoms with E-state index in [1.165, 1.54) is 59.6 Å². The van der Waals surface area contributed by atoms with Crippen LogP contribution in [0, 0.1) is 10.1 Å². The molecule has 2 aromatic rings. The smallest absolute Gasteiger partial charge is 0.339 e. The molecular formula is C20H22N2O9. The molecular weight excluding hydrogens is 412 g/mol. The maximum absolute atomic E-state index is 12.5. The van der Waals surface area contributed by atoms with Crippen LogP contribution in [0.25, 0.3) is 0 Å². The number of carbonyl (C=O) groups is 2. The molecule has 0 spiro atoms. The third kappa shape index (κ3) is 5.32. The molecule has 0 aliphatic carbocycles. The average molecular weight is 434 g/mol. The molecule has 2 rings (SSSR count). The van der Waals surface area contributed by atoms with Crippen LogP contribution in [0.5, 0.6) is 23.0 Å². The molecule has 0 aliphatic rings. The summed E-state index contributed by atoms with van der Waals surface area (Å²) in [5.74, 6) is -0.529. The molecule has 0 aromatic heterocycles. The fourth-order valence-corrected chi connectivity index (χ4v) is 2.62. The van der Waals surface area contributed by atoms with Crippen LogP contribution in [-0.2, 0) is 9.53 Å². The minimum absolute atomic E-state index is 0.0670. The van der Waals surface area contributed by atoms with Crippen LogP contribution in [0.15, 0.2) is 30.3 Å². The number of nitro groups is 1. The Morgan fingerprint density at radius 3 is 2.00 bits per heavy atom. The van der Waals surface area contributed by atoms with Crippen LogP contribution in [0.1, 0.15) is 17.3 Å². The second-order valence-corrected chi connectivity index (χ2v) is 6.09. The van der Waals surface area contributed by atoms with Gasteiger partial charge < -0.3 is 29.0 Å². The molecule has 1 atom stereocenters. The zero-order valence-corrected chi connectivity index (χ0v) is 17.6. The van der Waals surface area contributed by atoms with E-state index < -0.39 is 22.9 Å². The summed E-state index contributed by atoms with van der Waals surface area (Å²) in [6.07, 6.45) is -1.23. The summed E-state index contributed by atoms with van der Waals surface area (Å²) in [4.78, 5) is 35.4. The highest BCUT2D eigenvalue weighted by Gasteiger charge is 2.24. The molecule has 1 N–H and O–H groups in total. The third-order valence-electron chi connectivity index (χ3n) is 4.21. The van der Waals surface area contributed by atoms with Crippen molar-refractivity contribution in [3.05, 3.63) is 46.0 Å². The monoisotopic (exact) mass is 434 g/mol.